The molecule has 0 fully saturated rings. The molecule has 0 aliphatic carbocycles. The van der Waals surface area contributed by atoms with Crippen LogP contribution in [0.15, 0.2) is 0 Å². The summed E-state index contributed by atoms with van der Waals surface area (Å²) < 4.78 is 11.0. The first-order valence-electron chi connectivity index (χ1n) is 7.40. The first-order chi connectivity index (χ1) is 8.63. The van der Waals surface area contributed by atoms with Crippen LogP contribution in [0.3, 0.4) is 0 Å². The molecule has 0 rings (SSSR count). The topological polar surface area (TPSA) is 35.5 Å². The third kappa shape index (κ3) is 8.65. The van der Waals surface area contributed by atoms with E-state index >= 15 is 0 Å². The summed E-state index contributed by atoms with van der Waals surface area (Å²) in [5.74, 6) is 0.0583. The molecule has 0 aliphatic rings. The van der Waals surface area contributed by atoms with Gasteiger partial charge in [0.2, 0.25) is 0 Å². The number of hydrogen-bond acceptors (Lipinski definition) is 3. The van der Waals surface area contributed by atoms with Crippen LogP contribution in [-0.4, -0.2) is 31.2 Å². The van der Waals surface area contributed by atoms with E-state index < -0.39 is 0 Å². The van der Waals surface area contributed by atoms with Crippen molar-refractivity contribution < 1.29 is 14.3 Å². The Morgan fingerprint density at radius 2 is 1.22 bits per heavy atom. The van der Waals surface area contributed by atoms with Gasteiger partial charge in [0.15, 0.2) is 5.78 Å². The van der Waals surface area contributed by atoms with Crippen LogP contribution in [0, 0.1) is 0 Å². The summed E-state index contributed by atoms with van der Waals surface area (Å²) in [6.45, 7) is 9.29. The summed E-state index contributed by atoms with van der Waals surface area (Å²) in [5.41, 5.74) is 0. The van der Waals surface area contributed by atoms with Crippen molar-refractivity contribution in [2.75, 3.05) is 13.2 Å². The van der Waals surface area contributed by atoms with Crippen LogP contribution in [0.25, 0.3) is 0 Å². The minimum atomic E-state index is -0.344. The van der Waals surface area contributed by atoms with E-state index in [-0.39, 0.29) is 18.0 Å². The van der Waals surface area contributed by atoms with Gasteiger partial charge >= 0.3 is 0 Å². The molecule has 0 aromatic carbocycles. The van der Waals surface area contributed by atoms with E-state index in [1.807, 2.05) is 13.8 Å². The third-order valence-electron chi connectivity index (χ3n) is 3.03. The summed E-state index contributed by atoms with van der Waals surface area (Å²) in [6, 6.07) is 0. The normalized spacial score (nSPS) is 14.4. The van der Waals surface area contributed by atoms with E-state index in [4.69, 9.17) is 9.47 Å². The molecule has 2 atom stereocenters. The Kier molecular flexibility index (Phi) is 11.4. The maximum absolute atomic E-state index is 11.9. The summed E-state index contributed by atoms with van der Waals surface area (Å²) in [4.78, 5) is 11.9. The fourth-order valence-corrected chi connectivity index (χ4v) is 1.72. The molecule has 2 unspecified atom stereocenters. The Morgan fingerprint density at radius 1 is 0.833 bits per heavy atom. The van der Waals surface area contributed by atoms with Gasteiger partial charge in [-0.3, -0.25) is 4.79 Å². The summed E-state index contributed by atoms with van der Waals surface area (Å²) >= 11 is 0. The molecule has 0 aliphatic heterocycles. The standard InChI is InChI=1S/C15H30O3/c1-5-7-9-11-17-13(3)15(16)14(4)18-12-10-8-6-2/h13-14H,5-12H2,1-4H3. The third-order valence-corrected chi connectivity index (χ3v) is 3.03. The van der Waals surface area contributed by atoms with Gasteiger partial charge in [-0.15, -0.1) is 0 Å². The first kappa shape index (κ1) is 17.6. The quantitative estimate of drug-likeness (QED) is 0.500. The molecule has 0 radical (unpaired) electrons. The van der Waals surface area contributed by atoms with Gasteiger partial charge in [-0.1, -0.05) is 39.5 Å². The highest BCUT2D eigenvalue weighted by molar-refractivity contribution is 5.86. The fourth-order valence-electron chi connectivity index (χ4n) is 1.72. The average Bonchev–Trinajstić information content (AvgIpc) is 2.38. The highest BCUT2D eigenvalue weighted by Crippen LogP contribution is 2.05. The van der Waals surface area contributed by atoms with E-state index in [1.54, 1.807) is 0 Å². The van der Waals surface area contributed by atoms with Crippen molar-refractivity contribution in [1.82, 2.24) is 0 Å². The molecule has 0 aromatic rings. The SMILES string of the molecule is CCCCCOC(C)C(=O)C(C)OCCCCC. The summed E-state index contributed by atoms with van der Waals surface area (Å²) in [5, 5.41) is 0. The predicted octanol–water partition coefficient (Wildman–Crippen LogP) is 3.75. The lowest BCUT2D eigenvalue weighted by atomic mass is 10.1. The van der Waals surface area contributed by atoms with Gasteiger partial charge < -0.3 is 9.47 Å². The maximum Gasteiger partial charge on any atom is 0.189 e. The maximum atomic E-state index is 11.9. The highest BCUT2D eigenvalue weighted by Gasteiger charge is 2.20. The molecule has 0 bridgehead atoms. The summed E-state index contributed by atoms with van der Waals surface area (Å²) in [6.07, 6.45) is 6.02. The molecule has 0 heterocycles. The van der Waals surface area contributed by atoms with Crippen LogP contribution < -0.4 is 0 Å². The molecule has 0 aromatic heterocycles. The zero-order valence-electron chi connectivity index (χ0n) is 12.5. The fraction of sp³-hybridized carbons (Fsp3) is 0.933. The van der Waals surface area contributed by atoms with Gasteiger partial charge in [0, 0.05) is 13.2 Å². The first-order valence-corrected chi connectivity index (χ1v) is 7.40. The molecule has 18 heavy (non-hydrogen) atoms. The molecule has 3 heteroatoms. The van der Waals surface area contributed by atoms with Crippen LogP contribution >= 0.6 is 0 Å². The number of unbranched alkanes of at least 4 members (excludes halogenated alkanes) is 4. The number of rotatable bonds is 12. The molecule has 3 nitrogen and oxygen atoms in total. The Morgan fingerprint density at radius 3 is 1.56 bits per heavy atom. The van der Waals surface area contributed by atoms with Crippen molar-refractivity contribution in [3.8, 4) is 0 Å². The van der Waals surface area contributed by atoms with Crippen molar-refractivity contribution in [2.45, 2.75) is 78.4 Å². The van der Waals surface area contributed by atoms with Crippen molar-refractivity contribution >= 4 is 5.78 Å². The minimum absolute atomic E-state index is 0.0583. The average molecular weight is 258 g/mol. The number of Topliss-reactive ketones (excluding diaryl/α,β-unsaturated/α-hetero) is 1. The molecule has 108 valence electrons. The van der Waals surface area contributed by atoms with Gasteiger partial charge in [-0.25, -0.2) is 0 Å². The van der Waals surface area contributed by atoms with Crippen molar-refractivity contribution in [3.63, 3.8) is 0 Å². The van der Waals surface area contributed by atoms with Gasteiger partial charge in [0.1, 0.15) is 12.2 Å². The smallest absolute Gasteiger partial charge is 0.189 e. The number of hydrogen-bond donors (Lipinski definition) is 0. The van der Waals surface area contributed by atoms with E-state index in [0.717, 1.165) is 25.7 Å². The second-order valence-electron chi connectivity index (χ2n) is 4.84. The zero-order chi connectivity index (χ0) is 13.8. The highest BCUT2D eigenvalue weighted by atomic mass is 16.5. The molecule has 0 saturated heterocycles. The van der Waals surface area contributed by atoms with Crippen molar-refractivity contribution in [3.05, 3.63) is 0 Å². The van der Waals surface area contributed by atoms with Crippen LogP contribution in [0.1, 0.15) is 66.2 Å². The monoisotopic (exact) mass is 258 g/mol. The molecule has 0 spiro atoms. The van der Waals surface area contributed by atoms with Crippen LogP contribution in [0.2, 0.25) is 0 Å². The number of ether oxygens (including phenoxy) is 2. The lowest BCUT2D eigenvalue weighted by Crippen LogP contribution is -2.32. The largest absolute Gasteiger partial charge is 0.371 e. The second kappa shape index (κ2) is 11.7. The molecular formula is C15H30O3. The van der Waals surface area contributed by atoms with Crippen molar-refractivity contribution in [1.29, 1.82) is 0 Å². The number of ketones is 1. The van der Waals surface area contributed by atoms with E-state index in [2.05, 4.69) is 13.8 Å². The molecular weight excluding hydrogens is 228 g/mol. The van der Waals surface area contributed by atoms with Crippen LogP contribution in [0.4, 0.5) is 0 Å². The van der Waals surface area contributed by atoms with Gasteiger partial charge in [0.25, 0.3) is 0 Å². The lowest BCUT2D eigenvalue weighted by Gasteiger charge is -2.17. The Hall–Kier alpha value is -0.410. The zero-order valence-corrected chi connectivity index (χ0v) is 12.5. The molecule has 0 saturated carbocycles. The Bertz CT molecular complexity index is 184. The van der Waals surface area contributed by atoms with E-state index in [1.165, 1.54) is 12.8 Å². The van der Waals surface area contributed by atoms with Crippen LogP contribution in [0.5, 0.6) is 0 Å². The predicted molar refractivity (Wildman–Crippen MR) is 74.9 cm³/mol. The van der Waals surface area contributed by atoms with Crippen LogP contribution in [-0.2, 0) is 14.3 Å². The number of carbonyl (C=O) groups is 1. The summed E-state index contributed by atoms with van der Waals surface area (Å²) in [7, 11) is 0. The minimum Gasteiger partial charge on any atom is -0.371 e. The second-order valence-corrected chi connectivity index (χ2v) is 4.84. The molecule has 0 N–H and O–H groups in total. The van der Waals surface area contributed by atoms with Gasteiger partial charge in [-0.2, -0.15) is 0 Å². The van der Waals surface area contributed by atoms with E-state index in [0.29, 0.717) is 13.2 Å². The van der Waals surface area contributed by atoms with Gasteiger partial charge in [-0.05, 0) is 26.7 Å². The van der Waals surface area contributed by atoms with Gasteiger partial charge in [0.05, 0.1) is 0 Å². The Labute approximate surface area is 112 Å². The Balaban J connectivity index is 3.68. The lowest BCUT2D eigenvalue weighted by molar-refractivity contribution is -0.140. The van der Waals surface area contributed by atoms with E-state index in [9.17, 15) is 4.79 Å². The van der Waals surface area contributed by atoms with Crippen molar-refractivity contribution in [2.24, 2.45) is 0 Å². The molecule has 0 amide bonds. The number of carbonyl (C=O) groups excluding carboxylic acids is 1.